The molecule has 9 heteroatoms. The van der Waals surface area contributed by atoms with Crippen molar-refractivity contribution in [3.8, 4) is 0 Å². The van der Waals surface area contributed by atoms with Gasteiger partial charge in [-0.2, -0.15) is 0 Å². The number of sulfone groups is 1. The molecule has 0 bridgehead atoms. The van der Waals surface area contributed by atoms with E-state index in [1.807, 2.05) is 6.92 Å². The number of ether oxygens (including phenoxy) is 1. The lowest BCUT2D eigenvalue weighted by molar-refractivity contribution is -0.121. The van der Waals surface area contributed by atoms with Crippen LogP contribution in [0.15, 0.2) is 29.2 Å². The second-order valence-electron chi connectivity index (χ2n) is 4.80. The topological polar surface area (TPSA) is 96.5 Å². The number of carbonyl (C=O) groups excluding carboxylic acids is 1. The minimum absolute atomic E-state index is 0.163. The van der Waals surface area contributed by atoms with Crippen LogP contribution in [0.3, 0.4) is 0 Å². The van der Waals surface area contributed by atoms with Gasteiger partial charge in [-0.15, -0.1) is 0 Å². The first kappa shape index (κ1) is 19.3. The molecule has 0 unspecified atom stereocenters. The number of aryl methyl sites for hydroxylation is 1. The van der Waals surface area contributed by atoms with Gasteiger partial charge in [0.2, 0.25) is 5.91 Å². The molecule has 128 valence electrons. The molecule has 1 aromatic carbocycles. The van der Waals surface area contributed by atoms with Crippen LogP contribution in [0.4, 0.5) is 0 Å². The predicted molar refractivity (Wildman–Crippen MR) is 91.6 cm³/mol. The average Bonchev–Trinajstić information content (AvgIpc) is 2.52. The number of benzene rings is 1. The third kappa shape index (κ3) is 7.40. The largest absolute Gasteiger partial charge is 0.383 e. The van der Waals surface area contributed by atoms with Crippen molar-refractivity contribution in [1.82, 2.24) is 16.2 Å². The quantitative estimate of drug-likeness (QED) is 0.366. The van der Waals surface area contributed by atoms with Gasteiger partial charge in [0.15, 0.2) is 14.9 Å². The molecule has 0 saturated carbocycles. The number of thiocarbonyl (C=S) groups is 1. The molecule has 0 fully saturated rings. The molecule has 0 aliphatic heterocycles. The molecule has 0 radical (unpaired) electrons. The van der Waals surface area contributed by atoms with Gasteiger partial charge < -0.3 is 10.1 Å². The van der Waals surface area contributed by atoms with Gasteiger partial charge in [-0.25, -0.2) is 8.42 Å². The summed E-state index contributed by atoms with van der Waals surface area (Å²) in [4.78, 5) is 11.9. The van der Waals surface area contributed by atoms with Crippen LogP contribution in [0.2, 0.25) is 0 Å². The highest BCUT2D eigenvalue weighted by Crippen LogP contribution is 2.12. The first-order valence-electron chi connectivity index (χ1n) is 6.96. The number of hydrazine groups is 1. The van der Waals surface area contributed by atoms with Crippen LogP contribution in [0.25, 0.3) is 0 Å². The van der Waals surface area contributed by atoms with E-state index < -0.39 is 15.7 Å². The summed E-state index contributed by atoms with van der Waals surface area (Å²) in [7, 11) is -1.92. The van der Waals surface area contributed by atoms with Crippen molar-refractivity contribution >= 4 is 33.1 Å². The van der Waals surface area contributed by atoms with E-state index in [4.69, 9.17) is 17.0 Å². The Balaban J connectivity index is 2.37. The third-order valence-electron chi connectivity index (χ3n) is 2.89. The lowest BCUT2D eigenvalue weighted by atomic mass is 10.2. The molecule has 1 rings (SSSR count). The summed E-state index contributed by atoms with van der Waals surface area (Å²) < 4.78 is 29.1. The molecule has 23 heavy (non-hydrogen) atoms. The molecule has 7 nitrogen and oxygen atoms in total. The second-order valence-corrected chi connectivity index (χ2v) is 7.32. The maximum absolute atomic E-state index is 12.1. The SMILES string of the molecule is COCCNC(=S)NNC(=O)CCS(=O)(=O)c1ccc(C)cc1. The molecule has 0 spiro atoms. The zero-order chi connectivity index (χ0) is 17.3. The lowest BCUT2D eigenvalue weighted by Crippen LogP contribution is -2.47. The smallest absolute Gasteiger partial charge is 0.239 e. The first-order chi connectivity index (χ1) is 10.8. The molecule has 0 heterocycles. The Kier molecular flexibility index (Phi) is 7.93. The van der Waals surface area contributed by atoms with E-state index in [2.05, 4.69) is 16.2 Å². The van der Waals surface area contributed by atoms with Crippen molar-refractivity contribution in [2.45, 2.75) is 18.2 Å². The highest BCUT2D eigenvalue weighted by atomic mass is 32.2. The van der Waals surface area contributed by atoms with Crippen LogP contribution in [-0.2, 0) is 19.4 Å². The Bertz CT molecular complexity index is 630. The van der Waals surface area contributed by atoms with Crippen LogP contribution in [0, 0.1) is 6.92 Å². The molecule has 1 amide bonds. The molecule has 1 aromatic rings. The van der Waals surface area contributed by atoms with Gasteiger partial charge in [-0.05, 0) is 31.3 Å². The Morgan fingerprint density at radius 3 is 2.48 bits per heavy atom. The molecular weight excluding hydrogens is 338 g/mol. The highest BCUT2D eigenvalue weighted by molar-refractivity contribution is 7.91. The third-order valence-corrected chi connectivity index (χ3v) is 4.86. The van der Waals surface area contributed by atoms with E-state index in [1.54, 1.807) is 19.2 Å². The van der Waals surface area contributed by atoms with E-state index in [0.29, 0.717) is 13.2 Å². The Labute approximate surface area is 141 Å². The van der Waals surface area contributed by atoms with Crippen molar-refractivity contribution in [3.05, 3.63) is 29.8 Å². The molecule has 0 aromatic heterocycles. The maximum atomic E-state index is 12.1. The van der Waals surface area contributed by atoms with Gasteiger partial charge in [0.1, 0.15) is 0 Å². The van der Waals surface area contributed by atoms with Crippen molar-refractivity contribution in [1.29, 1.82) is 0 Å². The van der Waals surface area contributed by atoms with Crippen molar-refractivity contribution < 1.29 is 17.9 Å². The fourth-order valence-corrected chi connectivity index (χ4v) is 2.98. The molecule has 0 aliphatic carbocycles. The standard InChI is InChI=1S/C14H21N3O4S2/c1-11-3-5-12(6-4-11)23(19,20)10-7-13(18)16-17-14(22)15-8-9-21-2/h3-6H,7-10H2,1-2H3,(H,16,18)(H2,15,17,22). The Hall–Kier alpha value is -1.71. The van der Waals surface area contributed by atoms with Crippen molar-refractivity contribution in [2.24, 2.45) is 0 Å². The van der Waals surface area contributed by atoms with Gasteiger partial charge in [0, 0.05) is 20.1 Å². The van der Waals surface area contributed by atoms with E-state index in [0.717, 1.165) is 5.56 Å². The van der Waals surface area contributed by atoms with E-state index >= 15 is 0 Å². The Morgan fingerprint density at radius 1 is 1.22 bits per heavy atom. The summed E-state index contributed by atoms with van der Waals surface area (Å²) in [6, 6.07) is 6.52. The monoisotopic (exact) mass is 359 g/mol. The fraction of sp³-hybridized carbons (Fsp3) is 0.429. The number of hydrogen-bond acceptors (Lipinski definition) is 5. The summed E-state index contributed by atoms with van der Waals surface area (Å²) in [5, 5.41) is 3.04. The second kappa shape index (κ2) is 9.43. The van der Waals surface area contributed by atoms with E-state index in [-0.39, 0.29) is 22.2 Å². The number of rotatable bonds is 7. The number of amides is 1. The van der Waals surface area contributed by atoms with E-state index in [1.165, 1.54) is 12.1 Å². The van der Waals surface area contributed by atoms with Gasteiger partial charge >= 0.3 is 0 Å². The number of nitrogens with one attached hydrogen (secondary N) is 3. The van der Waals surface area contributed by atoms with E-state index in [9.17, 15) is 13.2 Å². The van der Waals surface area contributed by atoms with Crippen LogP contribution in [0.5, 0.6) is 0 Å². The minimum Gasteiger partial charge on any atom is -0.383 e. The zero-order valence-electron chi connectivity index (χ0n) is 13.1. The summed E-state index contributed by atoms with van der Waals surface area (Å²) in [5.41, 5.74) is 5.81. The number of hydrogen-bond donors (Lipinski definition) is 3. The minimum atomic E-state index is -3.48. The van der Waals surface area contributed by atoms with Gasteiger partial charge in [0.25, 0.3) is 0 Å². The number of methoxy groups -OCH3 is 1. The summed E-state index contributed by atoms with van der Waals surface area (Å²) in [6.45, 7) is 2.85. The Morgan fingerprint density at radius 2 is 1.87 bits per heavy atom. The van der Waals surface area contributed by atoms with Gasteiger partial charge in [-0.3, -0.25) is 15.6 Å². The molecule has 0 saturated heterocycles. The summed E-state index contributed by atoms with van der Waals surface area (Å²) in [5.74, 6) is -0.732. The first-order valence-corrected chi connectivity index (χ1v) is 9.02. The highest BCUT2D eigenvalue weighted by Gasteiger charge is 2.16. The summed E-state index contributed by atoms with van der Waals surface area (Å²) >= 11 is 4.92. The molecule has 0 aliphatic rings. The van der Waals surface area contributed by atoms with Gasteiger partial charge in [0.05, 0.1) is 17.3 Å². The molecular formula is C14H21N3O4S2. The average molecular weight is 359 g/mol. The maximum Gasteiger partial charge on any atom is 0.239 e. The van der Waals surface area contributed by atoms with Crippen LogP contribution in [0.1, 0.15) is 12.0 Å². The lowest BCUT2D eigenvalue weighted by Gasteiger charge is -2.11. The zero-order valence-corrected chi connectivity index (χ0v) is 14.7. The van der Waals surface area contributed by atoms with Crippen LogP contribution >= 0.6 is 12.2 Å². The molecule has 0 atom stereocenters. The molecule has 3 N–H and O–H groups in total. The number of carbonyl (C=O) groups is 1. The predicted octanol–water partition coefficient (Wildman–Crippen LogP) is 0.301. The summed E-state index contributed by atoms with van der Waals surface area (Å²) in [6.07, 6.45) is -0.163. The normalized spacial score (nSPS) is 10.9. The van der Waals surface area contributed by atoms with Crippen LogP contribution < -0.4 is 16.2 Å². The fourth-order valence-electron chi connectivity index (χ4n) is 1.59. The van der Waals surface area contributed by atoms with Crippen molar-refractivity contribution in [2.75, 3.05) is 26.0 Å². The van der Waals surface area contributed by atoms with Crippen LogP contribution in [-0.4, -0.2) is 45.5 Å². The van der Waals surface area contributed by atoms with Gasteiger partial charge in [-0.1, -0.05) is 17.7 Å². The van der Waals surface area contributed by atoms with Crippen molar-refractivity contribution in [3.63, 3.8) is 0 Å².